The minimum Gasteiger partial charge on any atom is -0.322 e. The first-order valence-electron chi connectivity index (χ1n) is 7.78. The number of imide groups is 1. The van der Waals surface area contributed by atoms with Crippen LogP contribution >= 0.6 is 22.6 Å². The quantitative estimate of drug-likeness (QED) is 0.559. The molecule has 0 radical (unpaired) electrons. The summed E-state index contributed by atoms with van der Waals surface area (Å²) in [6, 6.07) is 12.0. The van der Waals surface area contributed by atoms with Gasteiger partial charge >= 0.3 is 0 Å². The fraction of sp³-hybridized carbons (Fsp3) is 0.211. The molecule has 0 bridgehead atoms. The molecule has 0 spiro atoms. The van der Waals surface area contributed by atoms with E-state index in [1.54, 1.807) is 39.0 Å². The van der Waals surface area contributed by atoms with E-state index in [-0.39, 0.29) is 23.3 Å². The van der Waals surface area contributed by atoms with Crippen LogP contribution in [0.4, 0.5) is 5.69 Å². The molecule has 0 unspecified atom stereocenters. The second kappa shape index (κ2) is 6.25. The van der Waals surface area contributed by atoms with Gasteiger partial charge in [0.05, 0.1) is 11.1 Å². The molecule has 25 heavy (non-hydrogen) atoms. The highest BCUT2D eigenvalue weighted by molar-refractivity contribution is 14.1. The molecule has 2 aromatic rings. The maximum atomic E-state index is 12.6. The molecule has 3 amide bonds. The van der Waals surface area contributed by atoms with E-state index in [2.05, 4.69) is 27.9 Å². The lowest BCUT2D eigenvalue weighted by Gasteiger charge is -2.29. The largest absolute Gasteiger partial charge is 0.322 e. The van der Waals surface area contributed by atoms with Crippen molar-refractivity contribution in [1.29, 1.82) is 0 Å². The number of hydrogen-bond acceptors (Lipinski definition) is 3. The summed E-state index contributed by atoms with van der Waals surface area (Å²) in [5.41, 5.74) is 1.02. The third-order valence-electron chi connectivity index (χ3n) is 3.90. The minimum absolute atomic E-state index is 0.273. The average molecular weight is 448 g/mol. The summed E-state index contributed by atoms with van der Waals surface area (Å²) in [4.78, 5) is 38.8. The zero-order chi connectivity index (χ0) is 18.4. The number of benzene rings is 2. The predicted octanol–water partition coefficient (Wildman–Crippen LogP) is 3.94. The van der Waals surface area contributed by atoms with Crippen molar-refractivity contribution in [2.75, 3.05) is 5.32 Å². The van der Waals surface area contributed by atoms with E-state index in [0.717, 1.165) is 3.57 Å². The van der Waals surface area contributed by atoms with Crippen LogP contribution in [0.25, 0.3) is 0 Å². The Hall–Kier alpha value is -2.22. The number of nitrogens with zero attached hydrogens (tertiary/aromatic N) is 1. The van der Waals surface area contributed by atoms with Crippen molar-refractivity contribution >= 4 is 46.0 Å². The molecule has 0 atom stereocenters. The van der Waals surface area contributed by atoms with Crippen LogP contribution in [-0.4, -0.2) is 28.2 Å². The Morgan fingerprint density at radius 3 is 2.32 bits per heavy atom. The summed E-state index contributed by atoms with van der Waals surface area (Å²) in [5.74, 6) is -1.01. The smallest absolute Gasteiger partial charge is 0.262 e. The Labute approximate surface area is 159 Å². The van der Waals surface area contributed by atoms with Gasteiger partial charge in [-0.1, -0.05) is 6.07 Å². The van der Waals surface area contributed by atoms with Crippen molar-refractivity contribution in [3.63, 3.8) is 0 Å². The normalized spacial score (nSPS) is 13.8. The summed E-state index contributed by atoms with van der Waals surface area (Å²) < 4.78 is 1.01. The number of anilines is 1. The van der Waals surface area contributed by atoms with Crippen molar-refractivity contribution in [3.05, 3.63) is 62.7 Å². The first-order valence-corrected chi connectivity index (χ1v) is 8.86. The molecular weight excluding hydrogens is 431 g/mol. The molecule has 3 rings (SSSR count). The van der Waals surface area contributed by atoms with E-state index in [1.807, 2.05) is 18.2 Å². The maximum Gasteiger partial charge on any atom is 0.262 e. The van der Waals surface area contributed by atoms with E-state index in [0.29, 0.717) is 16.8 Å². The molecule has 0 aliphatic carbocycles. The second-order valence-corrected chi connectivity index (χ2v) is 8.09. The molecule has 1 aliphatic rings. The molecule has 0 saturated heterocycles. The molecule has 5 nitrogen and oxygen atoms in total. The Kier molecular flexibility index (Phi) is 4.40. The van der Waals surface area contributed by atoms with E-state index in [4.69, 9.17) is 0 Å². The number of nitrogens with one attached hydrogen (secondary N) is 1. The number of fused-ring (bicyclic) bond motifs is 1. The fourth-order valence-corrected chi connectivity index (χ4v) is 3.30. The van der Waals surface area contributed by atoms with E-state index in [9.17, 15) is 14.4 Å². The van der Waals surface area contributed by atoms with Gasteiger partial charge in [0.25, 0.3) is 17.7 Å². The molecule has 0 aromatic heterocycles. The Bertz CT molecular complexity index is 900. The van der Waals surface area contributed by atoms with Crippen LogP contribution in [0.1, 0.15) is 51.8 Å². The minimum atomic E-state index is -0.615. The van der Waals surface area contributed by atoms with E-state index in [1.165, 1.54) is 11.0 Å². The predicted molar refractivity (Wildman–Crippen MR) is 104 cm³/mol. The number of carbonyl (C=O) groups excluding carboxylic acids is 3. The number of hydrogen-bond donors (Lipinski definition) is 1. The van der Waals surface area contributed by atoms with Crippen LogP contribution in [0.5, 0.6) is 0 Å². The lowest BCUT2D eigenvalue weighted by Crippen LogP contribution is -2.45. The van der Waals surface area contributed by atoms with Crippen molar-refractivity contribution in [2.24, 2.45) is 0 Å². The van der Waals surface area contributed by atoms with Gasteiger partial charge < -0.3 is 5.32 Å². The van der Waals surface area contributed by atoms with Gasteiger partial charge in [-0.25, -0.2) is 0 Å². The van der Waals surface area contributed by atoms with E-state index < -0.39 is 5.54 Å². The molecule has 1 heterocycles. The van der Waals surface area contributed by atoms with Crippen molar-refractivity contribution in [2.45, 2.75) is 26.3 Å². The summed E-state index contributed by atoms with van der Waals surface area (Å²) >= 11 is 2.17. The van der Waals surface area contributed by atoms with Crippen molar-refractivity contribution < 1.29 is 14.4 Å². The van der Waals surface area contributed by atoms with Crippen LogP contribution < -0.4 is 5.32 Å². The summed E-state index contributed by atoms with van der Waals surface area (Å²) in [6.07, 6.45) is 0. The van der Waals surface area contributed by atoms with Gasteiger partial charge in [0.2, 0.25) is 0 Å². The molecule has 0 saturated carbocycles. The monoisotopic (exact) mass is 448 g/mol. The number of amides is 3. The highest BCUT2D eigenvalue weighted by Crippen LogP contribution is 2.30. The molecule has 2 aromatic carbocycles. The number of rotatable bonds is 2. The lowest BCUT2D eigenvalue weighted by atomic mass is 10.1. The molecule has 128 valence electrons. The third kappa shape index (κ3) is 3.30. The van der Waals surface area contributed by atoms with E-state index >= 15 is 0 Å². The van der Waals surface area contributed by atoms with Gasteiger partial charge in [0.15, 0.2) is 0 Å². The van der Waals surface area contributed by atoms with Gasteiger partial charge in [-0.3, -0.25) is 19.3 Å². The van der Waals surface area contributed by atoms with Crippen LogP contribution in [0.15, 0.2) is 42.5 Å². The van der Waals surface area contributed by atoms with Crippen LogP contribution in [-0.2, 0) is 0 Å². The second-order valence-electron chi connectivity index (χ2n) is 6.84. The van der Waals surface area contributed by atoms with Crippen LogP contribution in [0.3, 0.4) is 0 Å². The standard InChI is InChI=1S/C19H17IN2O3/c1-19(2,3)22-17(24)14-8-7-11(9-15(14)18(22)25)16(23)21-13-6-4-5-12(20)10-13/h4-10H,1-3H3,(H,21,23). The summed E-state index contributed by atoms with van der Waals surface area (Å²) in [6.45, 7) is 5.41. The van der Waals surface area contributed by atoms with Gasteiger partial charge in [0, 0.05) is 20.4 Å². The first kappa shape index (κ1) is 17.6. The van der Waals surface area contributed by atoms with Crippen molar-refractivity contribution in [3.8, 4) is 0 Å². The topological polar surface area (TPSA) is 66.5 Å². The average Bonchev–Trinajstić information content (AvgIpc) is 2.78. The van der Waals surface area contributed by atoms with Crippen LogP contribution in [0.2, 0.25) is 0 Å². The Morgan fingerprint density at radius 2 is 1.68 bits per heavy atom. The molecular formula is C19H17IN2O3. The maximum absolute atomic E-state index is 12.6. The highest BCUT2D eigenvalue weighted by Gasteiger charge is 2.42. The Balaban J connectivity index is 1.90. The van der Waals surface area contributed by atoms with Gasteiger partial charge in [-0.2, -0.15) is 0 Å². The molecule has 0 fully saturated rings. The summed E-state index contributed by atoms with van der Waals surface area (Å²) in [5, 5.41) is 2.80. The summed E-state index contributed by atoms with van der Waals surface area (Å²) in [7, 11) is 0. The fourth-order valence-electron chi connectivity index (χ4n) is 2.76. The van der Waals surface area contributed by atoms with Gasteiger partial charge in [0.1, 0.15) is 0 Å². The zero-order valence-corrected chi connectivity index (χ0v) is 16.2. The zero-order valence-electron chi connectivity index (χ0n) is 14.1. The molecule has 1 N–H and O–H groups in total. The lowest BCUT2D eigenvalue weighted by molar-refractivity contribution is 0.0507. The molecule has 1 aliphatic heterocycles. The number of carbonyl (C=O) groups is 3. The van der Waals surface area contributed by atoms with Gasteiger partial charge in [-0.15, -0.1) is 0 Å². The van der Waals surface area contributed by atoms with Gasteiger partial charge in [-0.05, 0) is 79.8 Å². The third-order valence-corrected chi connectivity index (χ3v) is 4.57. The molecule has 6 heteroatoms. The number of halogens is 1. The first-order chi connectivity index (χ1) is 11.7. The van der Waals surface area contributed by atoms with Crippen LogP contribution in [0, 0.1) is 3.57 Å². The highest BCUT2D eigenvalue weighted by atomic mass is 127. The van der Waals surface area contributed by atoms with Crippen molar-refractivity contribution in [1.82, 2.24) is 4.90 Å². The SMILES string of the molecule is CC(C)(C)N1C(=O)c2ccc(C(=O)Nc3cccc(I)c3)cc2C1=O. The Morgan fingerprint density at radius 1 is 1.00 bits per heavy atom.